The molecule has 3 heterocycles. The van der Waals surface area contributed by atoms with Crippen molar-refractivity contribution in [3.05, 3.63) is 0 Å². The molecule has 3 saturated heterocycles. The van der Waals surface area contributed by atoms with Gasteiger partial charge in [0.05, 0.1) is 0 Å². The molecule has 0 aromatic heterocycles. The van der Waals surface area contributed by atoms with Crippen molar-refractivity contribution in [1.82, 2.24) is 4.90 Å². The Labute approximate surface area is 82.3 Å². The molecule has 0 unspecified atom stereocenters. The first-order valence-corrected chi connectivity index (χ1v) is 11.0. The zero-order valence-electron chi connectivity index (χ0n) is 5.89. The van der Waals surface area contributed by atoms with Crippen molar-refractivity contribution in [1.29, 1.82) is 0 Å². The van der Waals surface area contributed by atoms with E-state index in [4.69, 9.17) is 0 Å². The van der Waals surface area contributed by atoms with E-state index in [2.05, 4.69) is 23.5 Å². The zero-order valence-corrected chi connectivity index (χ0v) is 10.2. The second kappa shape index (κ2) is 3.02. The van der Waals surface area contributed by atoms with Crippen molar-refractivity contribution in [2.24, 2.45) is 0 Å². The van der Waals surface area contributed by atoms with E-state index in [1.54, 1.807) is 0 Å². The summed E-state index contributed by atoms with van der Waals surface area (Å²) in [6.07, 6.45) is 0. The Morgan fingerprint density at radius 3 is 1.90 bits per heavy atom. The number of hydrogen-bond acceptors (Lipinski definition) is 1. The number of quaternary nitrogens is 1. The first-order chi connectivity index (χ1) is 4.85. The fraction of sp³-hybridized carbons (Fsp3) is 1.00. The number of nitrogens with zero attached hydrogens (tertiary/aromatic N) is 2. The maximum atomic E-state index is 2.65. The summed E-state index contributed by atoms with van der Waals surface area (Å²) in [5.41, 5.74) is 0. The van der Waals surface area contributed by atoms with Gasteiger partial charge in [0.15, 0.2) is 0 Å². The third-order valence-electron chi connectivity index (χ3n) is 2.59. The summed E-state index contributed by atoms with van der Waals surface area (Å²) in [4.78, 5) is 2.61. The topological polar surface area (TPSA) is 3.24 Å². The van der Waals surface area contributed by atoms with E-state index in [0.29, 0.717) is 17.5 Å². The summed E-state index contributed by atoms with van der Waals surface area (Å²) in [7, 11) is 0. The second-order valence-corrected chi connectivity index (χ2v) is 7.96. The summed E-state index contributed by atoms with van der Waals surface area (Å²) in [5, 5.41) is 0. The molecular weight excluding hydrogens is 354 g/mol. The van der Waals surface area contributed by atoms with Crippen molar-refractivity contribution in [2.45, 2.75) is 0 Å². The number of hydrogen-bond donors (Lipinski definition) is 0. The predicted molar refractivity (Wildman–Crippen MR) is 45.3 cm³/mol. The van der Waals surface area contributed by atoms with E-state index in [1.165, 1.54) is 42.0 Å². The van der Waals surface area contributed by atoms with E-state index in [1.807, 2.05) is 0 Å². The van der Waals surface area contributed by atoms with Gasteiger partial charge in [0.25, 0.3) is 0 Å². The van der Waals surface area contributed by atoms with Crippen LogP contribution in [0.15, 0.2) is 0 Å². The molecule has 0 aliphatic carbocycles. The zero-order chi connectivity index (χ0) is 7.03. The van der Waals surface area contributed by atoms with Crippen LogP contribution >= 0.6 is 18.6 Å². The van der Waals surface area contributed by atoms with Crippen molar-refractivity contribution in [3.8, 4) is 0 Å². The third-order valence-corrected chi connectivity index (χ3v) is 10.00. The van der Waals surface area contributed by atoms with Crippen molar-refractivity contribution in [2.75, 3.05) is 39.3 Å². The summed E-state index contributed by atoms with van der Waals surface area (Å²) >= 11 is 3.07. The fourth-order valence-corrected chi connectivity index (χ4v) is 6.59. The Morgan fingerprint density at radius 1 is 1.10 bits per heavy atom. The summed E-state index contributed by atoms with van der Waals surface area (Å²) < 4.78 is 1.51. The van der Waals surface area contributed by atoms with Crippen molar-refractivity contribution < 1.29 is 20.2 Å². The first-order valence-electron chi connectivity index (χ1n) is 3.71. The minimum absolute atomic E-state index is 0.418. The molecule has 3 rings (SSSR count). The molecular formula is C6H12I2N2. The van der Waals surface area contributed by atoms with Gasteiger partial charge in [0.2, 0.25) is 0 Å². The maximum absolute atomic E-state index is 2.65. The first kappa shape index (κ1) is 8.00. The molecule has 0 atom stereocenters. The predicted octanol–water partition coefficient (Wildman–Crippen LogP) is -2.51. The molecule has 2 nitrogen and oxygen atoms in total. The van der Waals surface area contributed by atoms with Gasteiger partial charge < -0.3 is 0 Å². The normalized spacial score (nSPS) is 46.3. The van der Waals surface area contributed by atoms with Crippen LogP contribution in [0, 0.1) is 0 Å². The standard InChI is InChI=1S/C6H12I2N2/c7-8-10-4-1-9(2-5-10)3-6-10/h1-6H2. The molecule has 0 spiro atoms. The molecule has 3 aliphatic rings. The number of fused-ring (bicyclic) bond motifs is 3. The Kier molecular flexibility index (Phi) is 2.42. The van der Waals surface area contributed by atoms with E-state index in [0.717, 1.165) is 0 Å². The second-order valence-electron chi connectivity index (χ2n) is 3.11. The number of rotatable bonds is 1. The molecule has 2 bridgehead atoms. The van der Waals surface area contributed by atoms with Gasteiger partial charge in [-0.05, 0) is 0 Å². The van der Waals surface area contributed by atoms with Gasteiger partial charge in [-0.15, -0.1) is 0 Å². The average molecular weight is 366 g/mol. The molecule has 0 radical (unpaired) electrons. The van der Waals surface area contributed by atoms with Gasteiger partial charge in [-0.2, -0.15) is 0 Å². The fourth-order valence-electron chi connectivity index (χ4n) is 1.73. The van der Waals surface area contributed by atoms with E-state index in [9.17, 15) is 0 Å². The number of piperazine rings is 3. The summed E-state index contributed by atoms with van der Waals surface area (Å²) in [5.74, 6) is 0. The van der Waals surface area contributed by atoms with E-state index in [-0.39, 0.29) is 0 Å². The van der Waals surface area contributed by atoms with Crippen LogP contribution in [0.5, 0.6) is 0 Å². The van der Waals surface area contributed by atoms with E-state index >= 15 is 0 Å². The van der Waals surface area contributed by atoms with E-state index < -0.39 is 0 Å². The van der Waals surface area contributed by atoms with Crippen LogP contribution in [0.1, 0.15) is 0 Å². The molecule has 60 valence electrons. The van der Waals surface area contributed by atoms with Gasteiger partial charge >= 0.3 is 83.0 Å². The molecule has 10 heavy (non-hydrogen) atoms. The molecule has 4 heteroatoms. The molecule has 3 fully saturated rings. The molecule has 3 aliphatic heterocycles. The quantitative estimate of drug-likeness (QED) is 0.366. The van der Waals surface area contributed by atoms with Crippen LogP contribution < -0.4 is 17.5 Å². The summed E-state index contributed by atoms with van der Waals surface area (Å²) in [6, 6.07) is 0. The molecule has 0 aromatic rings. The molecule has 0 amide bonds. The van der Waals surface area contributed by atoms with Gasteiger partial charge in [-0.25, -0.2) is 0 Å². The van der Waals surface area contributed by atoms with Crippen LogP contribution in [0.4, 0.5) is 0 Å². The Balaban J connectivity index is 2.08. The summed E-state index contributed by atoms with van der Waals surface area (Å²) in [6.45, 7) is 8.50. The van der Waals surface area contributed by atoms with Gasteiger partial charge in [0, 0.05) is 0 Å². The van der Waals surface area contributed by atoms with Gasteiger partial charge in [-0.1, -0.05) is 0 Å². The van der Waals surface area contributed by atoms with Crippen molar-refractivity contribution >= 4 is 18.6 Å². The Morgan fingerprint density at radius 2 is 1.60 bits per heavy atom. The van der Waals surface area contributed by atoms with Crippen LogP contribution in [0.3, 0.4) is 0 Å². The molecule has 0 aromatic carbocycles. The van der Waals surface area contributed by atoms with Gasteiger partial charge in [-0.3, -0.25) is 0 Å². The molecule has 0 saturated carbocycles. The SMILES string of the molecule is I[I-][N+]12CCN(CC1)CC2. The van der Waals surface area contributed by atoms with Crippen LogP contribution in [0.25, 0.3) is 0 Å². The number of halogens is 2. The van der Waals surface area contributed by atoms with Crippen molar-refractivity contribution in [3.63, 3.8) is 0 Å². The van der Waals surface area contributed by atoms with Crippen LogP contribution in [-0.4, -0.2) is 46.9 Å². The Hall–Kier alpha value is 1.38. The van der Waals surface area contributed by atoms with Gasteiger partial charge in [0.1, 0.15) is 0 Å². The Bertz CT molecular complexity index is 118. The average Bonchev–Trinajstić information content (AvgIpc) is 2.08. The van der Waals surface area contributed by atoms with Crippen LogP contribution in [0.2, 0.25) is 0 Å². The monoisotopic (exact) mass is 366 g/mol. The molecule has 0 N–H and O–H groups in total. The minimum atomic E-state index is 0.418. The third kappa shape index (κ3) is 1.32. The van der Waals surface area contributed by atoms with Crippen LogP contribution in [-0.2, 0) is 0 Å².